The van der Waals surface area contributed by atoms with E-state index in [1.54, 1.807) is 0 Å². The number of nitrogens with zero attached hydrogens (tertiary/aromatic N) is 1. The van der Waals surface area contributed by atoms with E-state index >= 15 is 0 Å². The number of carbonyl (C=O) groups is 1. The van der Waals surface area contributed by atoms with Gasteiger partial charge in [-0.3, -0.25) is 4.79 Å². The molecule has 0 saturated carbocycles. The van der Waals surface area contributed by atoms with Crippen LogP contribution in [0.25, 0.3) is 0 Å². The highest BCUT2D eigenvalue weighted by Crippen LogP contribution is 2.16. The van der Waals surface area contributed by atoms with Gasteiger partial charge in [0.25, 0.3) is 0 Å². The van der Waals surface area contributed by atoms with Gasteiger partial charge in [0.1, 0.15) is 5.78 Å². The van der Waals surface area contributed by atoms with Crippen LogP contribution >= 0.6 is 0 Å². The van der Waals surface area contributed by atoms with Gasteiger partial charge < -0.3 is 9.64 Å². The largest absolute Gasteiger partial charge is 0.380 e. The molecule has 1 atom stereocenters. The molecule has 0 radical (unpaired) electrons. The van der Waals surface area contributed by atoms with E-state index in [1.807, 2.05) is 0 Å². The van der Waals surface area contributed by atoms with Crippen LogP contribution in [0.5, 0.6) is 0 Å². The highest BCUT2D eigenvalue weighted by molar-refractivity contribution is 5.82. The van der Waals surface area contributed by atoms with Gasteiger partial charge in [0.2, 0.25) is 0 Å². The Labute approximate surface area is 86.4 Å². The van der Waals surface area contributed by atoms with Gasteiger partial charge in [-0.05, 0) is 27.8 Å². The maximum absolute atomic E-state index is 11.6. The zero-order valence-electron chi connectivity index (χ0n) is 9.67. The fraction of sp³-hybridized carbons (Fsp3) is 0.909. The normalized spacial score (nSPS) is 24.4. The summed E-state index contributed by atoms with van der Waals surface area (Å²) in [5.74, 6) is 0.431. The predicted molar refractivity (Wildman–Crippen MR) is 56.3 cm³/mol. The Bertz CT molecular complexity index is 208. The molecule has 1 fully saturated rings. The van der Waals surface area contributed by atoms with Gasteiger partial charge >= 0.3 is 0 Å². The summed E-state index contributed by atoms with van der Waals surface area (Å²) in [6.45, 7) is 8.47. The molecule has 3 heteroatoms. The maximum atomic E-state index is 11.6. The fourth-order valence-corrected chi connectivity index (χ4v) is 1.45. The van der Waals surface area contributed by atoms with E-state index in [0.29, 0.717) is 25.4 Å². The monoisotopic (exact) mass is 199 g/mol. The van der Waals surface area contributed by atoms with E-state index in [2.05, 4.69) is 32.7 Å². The molecule has 82 valence electrons. The highest BCUT2D eigenvalue weighted by atomic mass is 16.5. The number of Topliss-reactive ketones (excluding diaryl/α,β-unsaturated/α-hetero) is 1. The molecule has 1 unspecified atom stereocenters. The molecular weight excluding hydrogens is 178 g/mol. The minimum Gasteiger partial charge on any atom is -0.380 e. The van der Waals surface area contributed by atoms with Crippen molar-refractivity contribution in [1.82, 2.24) is 4.90 Å². The van der Waals surface area contributed by atoms with Crippen molar-refractivity contribution in [2.24, 2.45) is 5.92 Å². The van der Waals surface area contributed by atoms with Crippen LogP contribution in [-0.4, -0.2) is 43.0 Å². The Morgan fingerprint density at radius 3 is 2.64 bits per heavy atom. The van der Waals surface area contributed by atoms with Crippen LogP contribution in [0, 0.1) is 5.92 Å². The Morgan fingerprint density at radius 1 is 1.50 bits per heavy atom. The molecule has 0 bridgehead atoms. The third kappa shape index (κ3) is 3.07. The average molecular weight is 199 g/mol. The quantitative estimate of drug-likeness (QED) is 0.672. The van der Waals surface area contributed by atoms with E-state index in [4.69, 9.17) is 4.74 Å². The summed E-state index contributed by atoms with van der Waals surface area (Å²) in [6.07, 6.45) is 0.586. The standard InChI is InChI=1S/C11H21NO2/c1-11(2,3)12(4)7-9-8-14-6-5-10(9)13/h9H,5-8H2,1-4H3. The van der Waals surface area contributed by atoms with Crippen molar-refractivity contribution in [2.75, 3.05) is 26.8 Å². The maximum Gasteiger partial charge on any atom is 0.141 e. The Balaban J connectivity index is 2.46. The first kappa shape index (κ1) is 11.7. The van der Waals surface area contributed by atoms with E-state index in [0.717, 1.165) is 6.54 Å². The fourth-order valence-electron chi connectivity index (χ4n) is 1.45. The van der Waals surface area contributed by atoms with Gasteiger partial charge in [0.05, 0.1) is 19.1 Å². The predicted octanol–water partition coefficient (Wildman–Crippen LogP) is 1.32. The summed E-state index contributed by atoms with van der Waals surface area (Å²) in [7, 11) is 2.06. The molecule has 14 heavy (non-hydrogen) atoms. The minimum absolute atomic E-state index is 0.0768. The SMILES string of the molecule is CN(CC1COCCC1=O)C(C)(C)C. The molecule has 1 saturated heterocycles. The Hall–Kier alpha value is -0.410. The molecule has 1 rings (SSSR count). The zero-order valence-corrected chi connectivity index (χ0v) is 9.67. The van der Waals surface area contributed by atoms with E-state index in [-0.39, 0.29) is 11.5 Å². The Kier molecular flexibility index (Phi) is 3.67. The van der Waals surface area contributed by atoms with Gasteiger partial charge in [-0.1, -0.05) is 0 Å². The first-order chi connectivity index (χ1) is 6.41. The second-order valence-corrected chi connectivity index (χ2v) is 5.04. The Morgan fingerprint density at radius 2 is 2.14 bits per heavy atom. The van der Waals surface area contributed by atoms with Crippen molar-refractivity contribution < 1.29 is 9.53 Å². The van der Waals surface area contributed by atoms with Crippen molar-refractivity contribution in [3.8, 4) is 0 Å². The molecule has 0 N–H and O–H groups in total. The summed E-state index contributed by atoms with van der Waals surface area (Å²) in [4.78, 5) is 13.8. The van der Waals surface area contributed by atoms with Crippen molar-refractivity contribution in [3.05, 3.63) is 0 Å². The van der Waals surface area contributed by atoms with Gasteiger partial charge in [0, 0.05) is 18.5 Å². The van der Waals surface area contributed by atoms with Crippen LogP contribution in [0.15, 0.2) is 0 Å². The topological polar surface area (TPSA) is 29.5 Å². The smallest absolute Gasteiger partial charge is 0.141 e. The zero-order chi connectivity index (χ0) is 10.8. The second-order valence-electron chi connectivity index (χ2n) is 5.04. The summed E-state index contributed by atoms with van der Waals surface area (Å²) in [5, 5.41) is 0. The second kappa shape index (κ2) is 4.41. The number of ketones is 1. The van der Waals surface area contributed by atoms with Crippen LogP contribution in [-0.2, 0) is 9.53 Å². The van der Waals surface area contributed by atoms with Crippen LogP contribution in [0.1, 0.15) is 27.2 Å². The number of ether oxygens (including phenoxy) is 1. The summed E-state index contributed by atoms with van der Waals surface area (Å²) < 4.78 is 5.32. The minimum atomic E-state index is 0.0768. The lowest BCUT2D eigenvalue weighted by atomic mass is 9.97. The van der Waals surface area contributed by atoms with Crippen molar-refractivity contribution >= 4 is 5.78 Å². The molecule has 1 aliphatic heterocycles. The molecular formula is C11H21NO2. The number of hydrogen-bond acceptors (Lipinski definition) is 3. The summed E-state index contributed by atoms with van der Waals surface area (Å²) in [6, 6.07) is 0. The summed E-state index contributed by atoms with van der Waals surface area (Å²) >= 11 is 0. The molecule has 0 aromatic rings. The van der Waals surface area contributed by atoms with Gasteiger partial charge in [-0.15, -0.1) is 0 Å². The van der Waals surface area contributed by atoms with E-state index in [9.17, 15) is 4.79 Å². The van der Waals surface area contributed by atoms with Crippen LogP contribution in [0.4, 0.5) is 0 Å². The van der Waals surface area contributed by atoms with E-state index < -0.39 is 0 Å². The van der Waals surface area contributed by atoms with Crippen molar-refractivity contribution in [1.29, 1.82) is 0 Å². The number of carbonyl (C=O) groups excluding carboxylic acids is 1. The van der Waals surface area contributed by atoms with Gasteiger partial charge in [-0.2, -0.15) is 0 Å². The molecule has 0 aromatic heterocycles. The van der Waals surface area contributed by atoms with E-state index in [1.165, 1.54) is 0 Å². The van der Waals surface area contributed by atoms with Gasteiger partial charge in [0.15, 0.2) is 0 Å². The molecule has 0 spiro atoms. The lowest BCUT2D eigenvalue weighted by molar-refractivity contribution is -0.131. The van der Waals surface area contributed by atoms with Crippen molar-refractivity contribution in [2.45, 2.75) is 32.7 Å². The average Bonchev–Trinajstić information content (AvgIpc) is 2.07. The lowest BCUT2D eigenvalue weighted by Crippen LogP contribution is -2.45. The van der Waals surface area contributed by atoms with Crippen LogP contribution < -0.4 is 0 Å². The molecule has 0 amide bonds. The lowest BCUT2D eigenvalue weighted by Gasteiger charge is -2.35. The van der Waals surface area contributed by atoms with Crippen LogP contribution in [0.3, 0.4) is 0 Å². The third-order valence-corrected chi connectivity index (χ3v) is 2.91. The number of rotatable bonds is 2. The third-order valence-electron chi connectivity index (χ3n) is 2.91. The van der Waals surface area contributed by atoms with Gasteiger partial charge in [-0.25, -0.2) is 0 Å². The molecule has 0 aromatic carbocycles. The summed E-state index contributed by atoms with van der Waals surface area (Å²) in [5.41, 5.74) is 0.123. The molecule has 1 heterocycles. The van der Waals surface area contributed by atoms with Crippen molar-refractivity contribution in [3.63, 3.8) is 0 Å². The molecule has 0 aliphatic carbocycles. The molecule has 1 aliphatic rings. The van der Waals surface area contributed by atoms with Crippen LogP contribution in [0.2, 0.25) is 0 Å². The number of hydrogen-bond donors (Lipinski definition) is 0. The first-order valence-corrected chi connectivity index (χ1v) is 5.23. The molecule has 3 nitrogen and oxygen atoms in total. The highest BCUT2D eigenvalue weighted by Gasteiger charge is 2.27. The first-order valence-electron chi connectivity index (χ1n) is 5.23.